The fourth-order valence-corrected chi connectivity index (χ4v) is 2.73. The second-order valence-electron chi connectivity index (χ2n) is 5.15. The van der Waals surface area contributed by atoms with Crippen LogP contribution in [0.25, 0.3) is 0 Å². The van der Waals surface area contributed by atoms with Crippen LogP contribution in [-0.2, 0) is 17.9 Å². The van der Waals surface area contributed by atoms with Gasteiger partial charge in [0.1, 0.15) is 6.33 Å². The molecule has 18 heavy (non-hydrogen) atoms. The van der Waals surface area contributed by atoms with Crippen LogP contribution in [0.2, 0.25) is 0 Å². The van der Waals surface area contributed by atoms with Crippen LogP contribution in [0.1, 0.15) is 25.1 Å². The van der Waals surface area contributed by atoms with E-state index in [0.717, 1.165) is 38.4 Å². The van der Waals surface area contributed by atoms with Gasteiger partial charge in [-0.25, -0.2) is 0 Å². The van der Waals surface area contributed by atoms with E-state index in [2.05, 4.69) is 15.5 Å². The minimum Gasteiger partial charge on any atom is -0.333 e. The molecule has 1 aromatic heterocycles. The maximum atomic E-state index is 12.1. The Morgan fingerprint density at radius 3 is 3.28 bits per heavy atom. The summed E-state index contributed by atoms with van der Waals surface area (Å²) in [6, 6.07) is 0. The van der Waals surface area contributed by atoms with Gasteiger partial charge in [-0.1, -0.05) is 0 Å². The number of carbonyl (C=O) groups is 1. The molecule has 1 fully saturated rings. The third-order valence-electron chi connectivity index (χ3n) is 3.92. The molecule has 2 aliphatic heterocycles. The van der Waals surface area contributed by atoms with E-state index in [1.165, 1.54) is 6.42 Å². The lowest BCUT2D eigenvalue weighted by molar-refractivity contribution is -0.133. The summed E-state index contributed by atoms with van der Waals surface area (Å²) in [5.41, 5.74) is 0. The molecule has 1 amide bonds. The van der Waals surface area contributed by atoms with Gasteiger partial charge in [0.25, 0.3) is 0 Å². The molecule has 0 bridgehead atoms. The molecule has 3 heterocycles. The highest BCUT2D eigenvalue weighted by Crippen LogP contribution is 2.17. The molecule has 3 rings (SSSR count). The molecule has 1 atom stereocenters. The van der Waals surface area contributed by atoms with Crippen LogP contribution in [0.4, 0.5) is 0 Å². The zero-order valence-electron chi connectivity index (χ0n) is 10.5. The fourth-order valence-electron chi connectivity index (χ4n) is 2.73. The summed E-state index contributed by atoms with van der Waals surface area (Å²) in [5, 5.41) is 11.2. The van der Waals surface area contributed by atoms with Gasteiger partial charge >= 0.3 is 0 Å². The quantitative estimate of drug-likeness (QED) is 0.819. The van der Waals surface area contributed by atoms with Crippen molar-refractivity contribution in [2.75, 3.05) is 19.6 Å². The topological polar surface area (TPSA) is 63.1 Å². The number of nitrogens with zero attached hydrogens (tertiary/aromatic N) is 4. The van der Waals surface area contributed by atoms with Gasteiger partial charge in [-0.3, -0.25) is 4.79 Å². The average Bonchev–Trinajstić information content (AvgIpc) is 3.05. The van der Waals surface area contributed by atoms with Crippen molar-refractivity contribution in [1.29, 1.82) is 0 Å². The molecule has 6 nitrogen and oxygen atoms in total. The molecule has 1 unspecified atom stereocenters. The largest absolute Gasteiger partial charge is 0.333 e. The number of amides is 1. The zero-order chi connectivity index (χ0) is 12.4. The number of hydrogen-bond donors (Lipinski definition) is 1. The van der Waals surface area contributed by atoms with Crippen LogP contribution in [0.3, 0.4) is 0 Å². The summed E-state index contributed by atoms with van der Waals surface area (Å²) in [6.45, 7) is 4.39. The van der Waals surface area contributed by atoms with Crippen molar-refractivity contribution in [3.63, 3.8) is 0 Å². The van der Waals surface area contributed by atoms with Crippen molar-refractivity contribution in [1.82, 2.24) is 25.0 Å². The van der Waals surface area contributed by atoms with E-state index in [1.54, 1.807) is 6.33 Å². The van der Waals surface area contributed by atoms with Crippen LogP contribution < -0.4 is 5.32 Å². The number of fused-ring (bicyclic) bond motifs is 1. The summed E-state index contributed by atoms with van der Waals surface area (Å²) in [6.07, 6.45) is 4.62. The monoisotopic (exact) mass is 249 g/mol. The summed E-state index contributed by atoms with van der Waals surface area (Å²) in [5.74, 6) is 1.84. The third kappa shape index (κ3) is 2.38. The third-order valence-corrected chi connectivity index (χ3v) is 3.92. The van der Waals surface area contributed by atoms with E-state index < -0.39 is 0 Å². The molecule has 1 aromatic rings. The molecule has 0 saturated carbocycles. The van der Waals surface area contributed by atoms with Crippen LogP contribution in [-0.4, -0.2) is 45.2 Å². The molecule has 0 radical (unpaired) electrons. The van der Waals surface area contributed by atoms with Crippen LogP contribution in [0, 0.1) is 5.92 Å². The molecule has 98 valence electrons. The predicted molar refractivity (Wildman–Crippen MR) is 65.6 cm³/mol. The van der Waals surface area contributed by atoms with Gasteiger partial charge in [0.2, 0.25) is 5.91 Å². The Hall–Kier alpha value is -1.43. The summed E-state index contributed by atoms with van der Waals surface area (Å²) in [7, 11) is 0. The highest BCUT2D eigenvalue weighted by Gasteiger charge is 2.23. The highest BCUT2D eigenvalue weighted by molar-refractivity contribution is 5.76. The number of nitrogens with one attached hydrogen (secondary N) is 1. The van der Waals surface area contributed by atoms with Crippen molar-refractivity contribution in [3.8, 4) is 0 Å². The molecule has 1 saturated heterocycles. The van der Waals surface area contributed by atoms with Gasteiger partial charge in [0.15, 0.2) is 5.82 Å². The number of aromatic nitrogens is 3. The Bertz CT molecular complexity index is 424. The summed E-state index contributed by atoms with van der Waals surface area (Å²) in [4.78, 5) is 14.0. The average molecular weight is 249 g/mol. The Labute approximate surface area is 106 Å². The van der Waals surface area contributed by atoms with Crippen molar-refractivity contribution in [2.45, 2.75) is 32.4 Å². The minimum atomic E-state index is 0.260. The maximum Gasteiger partial charge on any atom is 0.223 e. The lowest BCUT2D eigenvalue weighted by atomic mass is 10.0. The smallest absolute Gasteiger partial charge is 0.223 e. The lowest BCUT2D eigenvalue weighted by Gasteiger charge is -2.27. The molecule has 0 aliphatic carbocycles. The maximum absolute atomic E-state index is 12.1. The first-order chi connectivity index (χ1) is 8.83. The summed E-state index contributed by atoms with van der Waals surface area (Å²) >= 11 is 0. The SMILES string of the molecule is O=C(CCC1CCNC1)N1CCn2cnnc2C1. The molecule has 0 spiro atoms. The van der Waals surface area contributed by atoms with Crippen molar-refractivity contribution < 1.29 is 4.79 Å². The van der Waals surface area contributed by atoms with E-state index in [-0.39, 0.29) is 5.91 Å². The van der Waals surface area contributed by atoms with Gasteiger partial charge in [-0.05, 0) is 31.8 Å². The van der Waals surface area contributed by atoms with E-state index in [9.17, 15) is 4.79 Å². The van der Waals surface area contributed by atoms with Gasteiger partial charge in [0.05, 0.1) is 6.54 Å². The molecule has 6 heteroatoms. The van der Waals surface area contributed by atoms with E-state index >= 15 is 0 Å². The molecule has 1 N–H and O–H groups in total. The normalized spacial score (nSPS) is 23.1. The first-order valence-electron chi connectivity index (χ1n) is 6.68. The second-order valence-corrected chi connectivity index (χ2v) is 5.15. The predicted octanol–water partition coefficient (Wildman–Crippen LogP) is 0.0100. The first-order valence-corrected chi connectivity index (χ1v) is 6.68. The second kappa shape index (κ2) is 5.06. The zero-order valence-corrected chi connectivity index (χ0v) is 10.5. The van der Waals surface area contributed by atoms with E-state index in [4.69, 9.17) is 0 Å². The molecule has 0 aromatic carbocycles. The van der Waals surface area contributed by atoms with Crippen molar-refractivity contribution >= 4 is 5.91 Å². The molecular weight excluding hydrogens is 230 g/mol. The lowest BCUT2D eigenvalue weighted by Crippen LogP contribution is -2.38. The number of hydrogen-bond acceptors (Lipinski definition) is 4. The van der Waals surface area contributed by atoms with Crippen LogP contribution in [0.5, 0.6) is 0 Å². The fraction of sp³-hybridized carbons (Fsp3) is 0.750. The van der Waals surface area contributed by atoms with Gasteiger partial charge in [-0.2, -0.15) is 0 Å². The Morgan fingerprint density at radius 1 is 1.50 bits per heavy atom. The number of rotatable bonds is 3. The number of carbonyl (C=O) groups excluding carboxylic acids is 1. The van der Waals surface area contributed by atoms with Gasteiger partial charge in [-0.15, -0.1) is 10.2 Å². The Balaban J connectivity index is 1.51. The Kier molecular flexibility index (Phi) is 3.27. The molecular formula is C12H19N5O. The van der Waals surface area contributed by atoms with Gasteiger partial charge < -0.3 is 14.8 Å². The van der Waals surface area contributed by atoms with Crippen LogP contribution >= 0.6 is 0 Å². The highest BCUT2D eigenvalue weighted by atomic mass is 16.2. The van der Waals surface area contributed by atoms with Crippen molar-refractivity contribution in [3.05, 3.63) is 12.2 Å². The standard InChI is InChI=1S/C12H19N5O/c18-12(2-1-10-3-4-13-7-10)16-5-6-17-9-14-15-11(17)8-16/h9-10,13H,1-8H2. The Morgan fingerprint density at radius 2 is 2.44 bits per heavy atom. The molecule has 2 aliphatic rings. The van der Waals surface area contributed by atoms with Crippen LogP contribution in [0.15, 0.2) is 6.33 Å². The summed E-state index contributed by atoms with van der Waals surface area (Å²) < 4.78 is 2.02. The first kappa shape index (κ1) is 11.6. The van der Waals surface area contributed by atoms with E-state index in [0.29, 0.717) is 18.9 Å². The van der Waals surface area contributed by atoms with Gasteiger partial charge in [0, 0.05) is 19.5 Å². The van der Waals surface area contributed by atoms with Crippen molar-refractivity contribution in [2.24, 2.45) is 5.92 Å². The minimum absolute atomic E-state index is 0.260. The van der Waals surface area contributed by atoms with E-state index in [1.807, 2.05) is 9.47 Å².